The van der Waals surface area contributed by atoms with E-state index in [0.29, 0.717) is 9.79 Å². The average molecular weight is 342 g/mol. The minimum Gasteiger partial charge on any atom is -0.768 e. The first-order chi connectivity index (χ1) is 9.00. The van der Waals surface area contributed by atoms with Crippen LogP contribution < -0.4 is 59.1 Å². The zero-order valence-electron chi connectivity index (χ0n) is 12.1. The summed E-state index contributed by atoms with van der Waals surface area (Å²) in [5, 5.41) is 0. The molecule has 0 radical (unpaired) electrons. The molecule has 2 atom stereocenters. The number of benzene rings is 2. The van der Waals surface area contributed by atoms with Gasteiger partial charge in [-0.15, -0.1) is 0 Å². The quantitative estimate of drug-likeness (QED) is 0.414. The fourth-order valence-electron chi connectivity index (χ4n) is 1.18. The third-order valence-corrected chi connectivity index (χ3v) is 3.46. The molecule has 0 saturated carbocycles. The van der Waals surface area contributed by atoms with Crippen molar-refractivity contribution in [1.29, 1.82) is 0 Å². The second kappa shape index (κ2) is 13.1. The van der Waals surface area contributed by atoms with Gasteiger partial charge in [-0.1, -0.05) is 35.9 Å². The van der Waals surface area contributed by atoms with E-state index < -0.39 is 22.2 Å². The molecule has 2 unspecified atom stereocenters. The molecule has 21 heavy (non-hydrogen) atoms. The van der Waals surface area contributed by atoms with Crippen LogP contribution in [0.1, 0.15) is 5.56 Å². The molecule has 0 aliphatic carbocycles. The van der Waals surface area contributed by atoms with Crippen LogP contribution in [-0.2, 0) is 22.2 Å². The van der Waals surface area contributed by atoms with Crippen molar-refractivity contribution in [2.45, 2.75) is 16.7 Å². The van der Waals surface area contributed by atoms with Crippen LogP contribution in [0.15, 0.2) is 64.4 Å². The van der Waals surface area contributed by atoms with Crippen LogP contribution >= 0.6 is 0 Å². The number of aryl methyl sites for hydroxylation is 1. The Morgan fingerprint density at radius 3 is 1.43 bits per heavy atom. The molecule has 4 nitrogen and oxygen atoms in total. The molecular weight excluding hydrogens is 330 g/mol. The van der Waals surface area contributed by atoms with Crippen molar-refractivity contribution in [3.63, 3.8) is 0 Å². The maximum atomic E-state index is 10.3. The number of hydrogen-bond acceptors (Lipinski definition) is 4. The molecule has 0 aliphatic rings. The summed E-state index contributed by atoms with van der Waals surface area (Å²) in [6.07, 6.45) is 0. The summed E-state index contributed by atoms with van der Waals surface area (Å²) < 4.78 is 41.0. The molecule has 2 rings (SSSR count). The first-order valence-electron chi connectivity index (χ1n) is 5.31. The van der Waals surface area contributed by atoms with Crippen LogP contribution in [0.2, 0.25) is 0 Å². The summed E-state index contributed by atoms with van der Waals surface area (Å²) in [5.41, 5.74) is 1.06. The summed E-state index contributed by atoms with van der Waals surface area (Å²) in [6.45, 7) is 1.91. The largest absolute Gasteiger partial charge is 1.00 e. The maximum Gasteiger partial charge on any atom is 1.00 e. The monoisotopic (exact) mass is 342 g/mol. The van der Waals surface area contributed by atoms with Gasteiger partial charge in [-0.05, 0) is 53.4 Å². The molecule has 0 bridgehead atoms. The van der Waals surface area contributed by atoms with Crippen molar-refractivity contribution in [2.24, 2.45) is 0 Å². The van der Waals surface area contributed by atoms with Gasteiger partial charge in [0.2, 0.25) is 0 Å². The van der Waals surface area contributed by atoms with Crippen LogP contribution in [0.4, 0.5) is 0 Å². The van der Waals surface area contributed by atoms with Gasteiger partial charge < -0.3 is 9.11 Å². The van der Waals surface area contributed by atoms with Crippen molar-refractivity contribution >= 4 is 22.2 Å². The van der Waals surface area contributed by atoms with Crippen LogP contribution in [-0.4, -0.2) is 17.5 Å². The second-order valence-corrected chi connectivity index (χ2v) is 5.48. The first-order valence-corrected chi connectivity index (χ1v) is 7.46. The Balaban J connectivity index is 0. The topological polar surface area (TPSA) is 80.3 Å². The average Bonchev–Trinajstić information content (AvgIpc) is 2.41. The van der Waals surface area contributed by atoms with Crippen molar-refractivity contribution in [2.75, 3.05) is 0 Å². The van der Waals surface area contributed by atoms with Gasteiger partial charge in [-0.25, -0.2) is 0 Å². The molecule has 8 heteroatoms. The Hall–Kier alpha value is 0.660. The normalized spacial score (nSPS) is 11.8. The summed E-state index contributed by atoms with van der Waals surface area (Å²) in [7, 11) is 0. The van der Waals surface area contributed by atoms with Crippen molar-refractivity contribution in [1.82, 2.24) is 0 Å². The zero-order chi connectivity index (χ0) is 14.3. The Bertz CT molecular complexity index is 562. The van der Waals surface area contributed by atoms with Gasteiger partial charge in [0.1, 0.15) is 0 Å². The zero-order valence-corrected chi connectivity index (χ0v) is 17.8. The maximum absolute atomic E-state index is 10.3. The Morgan fingerprint density at radius 1 is 0.714 bits per heavy atom. The molecule has 2 aromatic rings. The van der Waals surface area contributed by atoms with Gasteiger partial charge >= 0.3 is 59.1 Å². The minimum atomic E-state index is -2.09. The van der Waals surface area contributed by atoms with E-state index in [0.717, 1.165) is 5.56 Å². The van der Waals surface area contributed by atoms with E-state index in [4.69, 9.17) is 0 Å². The van der Waals surface area contributed by atoms with Crippen molar-refractivity contribution in [3.8, 4) is 0 Å². The Kier molecular flexibility index (Phi) is 15.0. The molecular formula is C13H12Na2O4S2. The van der Waals surface area contributed by atoms with E-state index in [1.807, 2.05) is 6.92 Å². The van der Waals surface area contributed by atoms with Crippen LogP contribution in [0.25, 0.3) is 0 Å². The summed E-state index contributed by atoms with van der Waals surface area (Å²) in [5.74, 6) is 0. The second-order valence-electron chi connectivity index (χ2n) is 3.60. The minimum absolute atomic E-state index is 0. The van der Waals surface area contributed by atoms with E-state index in [-0.39, 0.29) is 59.1 Å². The molecule has 0 spiro atoms. The van der Waals surface area contributed by atoms with Gasteiger partial charge in [0.25, 0.3) is 0 Å². The van der Waals surface area contributed by atoms with E-state index in [2.05, 4.69) is 0 Å². The van der Waals surface area contributed by atoms with Crippen molar-refractivity contribution < 1.29 is 76.6 Å². The van der Waals surface area contributed by atoms with Gasteiger partial charge in [0, 0.05) is 9.79 Å². The summed E-state index contributed by atoms with van der Waals surface area (Å²) in [6, 6.07) is 14.9. The van der Waals surface area contributed by atoms with Crippen LogP contribution in [0.5, 0.6) is 0 Å². The standard InChI is InChI=1S/C7H8O2S.C6H6O2S.2Na/c1-6-2-4-7(5-3-6)10(8)9;7-9(8)6-4-2-1-3-5-6;;/h2-5H,1H3,(H,8,9);1-5H,(H,7,8);;/q;;2*+1/p-2. The van der Waals surface area contributed by atoms with E-state index in [9.17, 15) is 17.5 Å². The van der Waals surface area contributed by atoms with Gasteiger partial charge in [-0.2, -0.15) is 0 Å². The third kappa shape index (κ3) is 10.1. The third-order valence-electron chi connectivity index (χ3n) is 2.15. The molecule has 0 amide bonds. The van der Waals surface area contributed by atoms with E-state index in [1.165, 1.54) is 0 Å². The smallest absolute Gasteiger partial charge is 0.768 e. The Morgan fingerprint density at radius 2 is 1.10 bits per heavy atom. The molecule has 102 valence electrons. The predicted molar refractivity (Wildman–Crippen MR) is 72.0 cm³/mol. The van der Waals surface area contributed by atoms with Crippen LogP contribution in [0.3, 0.4) is 0 Å². The molecule has 0 aromatic heterocycles. The van der Waals surface area contributed by atoms with Gasteiger partial charge in [-0.3, -0.25) is 8.42 Å². The SMILES string of the molecule is Cc1ccc(S(=O)[O-])cc1.O=S([O-])c1ccccc1.[Na+].[Na+]. The van der Waals surface area contributed by atoms with E-state index >= 15 is 0 Å². The molecule has 0 aliphatic heterocycles. The summed E-state index contributed by atoms with van der Waals surface area (Å²) >= 11 is -4.17. The first kappa shape index (κ1) is 23.9. The molecule has 2 aromatic carbocycles. The summed E-state index contributed by atoms with van der Waals surface area (Å²) in [4.78, 5) is 0.670. The van der Waals surface area contributed by atoms with Crippen molar-refractivity contribution in [3.05, 3.63) is 60.2 Å². The van der Waals surface area contributed by atoms with Gasteiger partial charge in [0.15, 0.2) is 0 Å². The fraction of sp³-hybridized carbons (Fsp3) is 0.0769. The van der Waals surface area contributed by atoms with Crippen LogP contribution in [0, 0.1) is 6.92 Å². The van der Waals surface area contributed by atoms with E-state index in [1.54, 1.807) is 54.6 Å². The predicted octanol–water partition coefficient (Wildman–Crippen LogP) is -3.83. The molecule has 0 N–H and O–H groups in total. The van der Waals surface area contributed by atoms with Gasteiger partial charge in [0.05, 0.1) is 0 Å². The molecule has 0 fully saturated rings. The number of rotatable bonds is 2. The fourth-order valence-corrected chi connectivity index (χ4v) is 1.92. The number of hydrogen-bond donors (Lipinski definition) is 0. The molecule has 0 heterocycles. The Labute approximate surface area is 173 Å². The molecule has 0 saturated heterocycles.